The summed E-state index contributed by atoms with van der Waals surface area (Å²) in [5.41, 5.74) is 3.74. The van der Waals surface area contributed by atoms with Crippen LogP contribution in [0.1, 0.15) is 30.7 Å². The lowest BCUT2D eigenvalue weighted by atomic mass is 9.84. The number of benzene rings is 1. The molecule has 1 aromatic carbocycles. The summed E-state index contributed by atoms with van der Waals surface area (Å²) < 4.78 is 1.86. The molecule has 24 heavy (non-hydrogen) atoms. The summed E-state index contributed by atoms with van der Waals surface area (Å²) in [6.45, 7) is 8.08. The van der Waals surface area contributed by atoms with E-state index in [0.717, 1.165) is 18.2 Å². The van der Waals surface area contributed by atoms with Crippen LogP contribution in [0.25, 0.3) is 0 Å². The molecule has 1 aromatic heterocycles. The number of aromatic nitrogens is 2. The molecule has 0 saturated carbocycles. The van der Waals surface area contributed by atoms with E-state index in [2.05, 4.69) is 65.8 Å². The van der Waals surface area contributed by atoms with Crippen LogP contribution in [-0.4, -0.2) is 29.3 Å². The maximum atomic E-state index is 4.29. The number of aryl methyl sites for hydroxylation is 2. The van der Waals surface area contributed by atoms with Crippen molar-refractivity contribution in [2.24, 2.45) is 12.0 Å². The Morgan fingerprint density at radius 2 is 1.83 bits per heavy atom. The minimum atomic E-state index is 0. The summed E-state index contributed by atoms with van der Waals surface area (Å²) in [7, 11) is 3.73. The third-order valence-corrected chi connectivity index (χ3v) is 4.11. The molecule has 0 spiro atoms. The summed E-state index contributed by atoms with van der Waals surface area (Å²) in [4.78, 5) is 4.29. The van der Waals surface area contributed by atoms with Crippen molar-refractivity contribution in [2.45, 2.75) is 32.7 Å². The third kappa shape index (κ3) is 5.51. The molecular weight excluding hydrogens is 413 g/mol. The Morgan fingerprint density at radius 1 is 1.17 bits per heavy atom. The average Bonchev–Trinajstić information content (AvgIpc) is 2.93. The van der Waals surface area contributed by atoms with Crippen molar-refractivity contribution in [3.05, 3.63) is 53.3 Å². The molecule has 0 aliphatic carbocycles. The highest BCUT2D eigenvalue weighted by Gasteiger charge is 2.20. The first-order chi connectivity index (χ1) is 10.9. The van der Waals surface area contributed by atoms with Crippen LogP contribution in [0.4, 0.5) is 0 Å². The summed E-state index contributed by atoms with van der Waals surface area (Å²) in [6.07, 6.45) is 1.80. The predicted molar refractivity (Wildman–Crippen MR) is 111 cm³/mol. The topological polar surface area (TPSA) is 54.2 Å². The van der Waals surface area contributed by atoms with Crippen LogP contribution in [0.3, 0.4) is 0 Å². The lowest BCUT2D eigenvalue weighted by molar-refractivity contribution is 0.508. The van der Waals surface area contributed by atoms with E-state index in [-0.39, 0.29) is 29.4 Å². The van der Waals surface area contributed by atoms with E-state index < -0.39 is 0 Å². The number of hydrogen-bond donors (Lipinski definition) is 2. The molecule has 2 aromatic rings. The van der Waals surface area contributed by atoms with Gasteiger partial charge in [0.15, 0.2) is 5.96 Å². The Morgan fingerprint density at radius 3 is 2.38 bits per heavy atom. The molecule has 0 radical (unpaired) electrons. The van der Waals surface area contributed by atoms with Crippen molar-refractivity contribution in [3.8, 4) is 0 Å². The van der Waals surface area contributed by atoms with E-state index in [1.165, 1.54) is 11.1 Å². The van der Waals surface area contributed by atoms with Gasteiger partial charge in [0.25, 0.3) is 0 Å². The second kappa shape index (κ2) is 9.05. The molecule has 0 bridgehead atoms. The monoisotopic (exact) mass is 441 g/mol. The van der Waals surface area contributed by atoms with Gasteiger partial charge in [-0.15, -0.1) is 24.0 Å². The highest BCUT2D eigenvalue weighted by Crippen LogP contribution is 2.22. The smallest absolute Gasteiger partial charge is 0.191 e. The molecule has 132 valence electrons. The van der Waals surface area contributed by atoms with Gasteiger partial charge in [0.1, 0.15) is 0 Å². The number of rotatable bonds is 5. The number of halogens is 1. The molecule has 2 N–H and O–H groups in total. The Labute approximate surface area is 162 Å². The second-order valence-corrected chi connectivity index (χ2v) is 6.48. The molecule has 0 aliphatic heterocycles. The summed E-state index contributed by atoms with van der Waals surface area (Å²) >= 11 is 0. The molecule has 0 aliphatic rings. The lowest BCUT2D eigenvalue weighted by Gasteiger charge is -2.27. The molecule has 5 nitrogen and oxygen atoms in total. The third-order valence-electron chi connectivity index (χ3n) is 4.11. The molecule has 0 saturated heterocycles. The van der Waals surface area contributed by atoms with E-state index in [1.807, 2.05) is 17.8 Å². The minimum absolute atomic E-state index is 0. The predicted octanol–water partition coefficient (Wildman–Crippen LogP) is 2.99. The van der Waals surface area contributed by atoms with Crippen LogP contribution in [-0.2, 0) is 19.0 Å². The molecule has 0 amide bonds. The van der Waals surface area contributed by atoms with Gasteiger partial charge in [-0.1, -0.05) is 43.7 Å². The summed E-state index contributed by atoms with van der Waals surface area (Å²) in [5, 5.41) is 10.9. The van der Waals surface area contributed by atoms with Gasteiger partial charge in [0.2, 0.25) is 0 Å². The van der Waals surface area contributed by atoms with Gasteiger partial charge in [0.05, 0.1) is 12.2 Å². The van der Waals surface area contributed by atoms with Crippen LogP contribution in [0, 0.1) is 6.92 Å². The number of nitrogens with zero attached hydrogens (tertiary/aromatic N) is 3. The largest absolute Gasteiger partial charge is 0.356 e. The fourth-order valence-corrected chi connectivity index (χ4v) is 2.38. The molecule has 0 atom stereocenters. The number of hydrogen-bond acceptors (Lipinski definition) is 2. The average molecular weight is 441 g/mol. The van der Waals surface area contributed by atoms with Gasteiger partial charge in [-0.2, -0.15) is 5.10 Å². The Balaban J connectivity index is 0.00000288. The Hall–Kier alpha value is -1.57. The van der Waals surface area contributed by atoms with E-state index in [1.54, 1.807) is 13.2 Å². The second-order valence-electron chi connectivity index (χ2n) is 6.48. The van der Waals surface area contributed by atoms with E-state index >= 15 is 0 Å². The quantitative estimate of drug-likeness (QED) is 0.426. The molecule has 2 rings (SSSR count). The molecule has 6 heteroatoms. The van der Waals surface area contributed by atoms with Crippen LogP contribution in [0.15, 0.2) is 41.5 Å². The normalized spacial score (nSPS) is 11.8. The first kappa shape index (κ1) is 20.5. The number of aliphatic imine (C=N–C) groups is 1. The SMILES string of the molecule is CN=C(NCc1ccnn1C)NCC(C)(C)c1ccc(C)cc1.I. The zero-order valence-corrected chi connectivity index (χ0v) is 17.5. The van der Waals surface area contributed by atoms with Crippen molar-refractivity contribution in [2.75, 3.05) is 13.6 Å². The lowest BCUT2D eigenvalue weighted by Crippen LogP contribution is -2.43. The molecule has 0 fully saturated rings. The van der Waals surface area contributed by atoms with Gasteiger partial charge < -0.3 is 10.6 Å². The van der Waals surface area contributed by atoms with Crippen LogP contribution in [0.2, 0.25) is 0 Å². The summed E-state index contributed by atoms with van der Waals surface area (Å²) in [5.74, 6) is 0.798. The van der Waals surface area contributed by atoms with Gasteiger partial charge >= 0.3 is 0 Å². The molecule has 1 heterocycles. The van der Waals surface area contributed by atoms with Crippen molar-refractivity contribution < 1.29 is 0 Å². The zero-order chi connectivity index (χ0) is 16.9. The van der Waals surface area contributed by atoms with Gasteiger partial charge in [-0.3, -0.25) is 9.67 Å². The highest BCUT2D eigenvalue weighted by atomic mass is 127. The van der Waals surface area contributed by atoms with E-state index in [0.29, 0.717) is 6.54 Å². The van der Waals surface area contributed by atoms with Crippen LogP contribution in [0.5, 0.6) is 0 Å². The Kier molecular flexibility index (Phi) is 7.72. The molecular formula is C18H28IN5. The van der Waals surface area contributed by atoms with Gasteiger partial charge in [0, 0.05) is 32.3 Å². The standard InChI is InChI=1S/C18H27N5.HI/c1-14-6-8-15(9-7-14)18(2,3)13-21-17(19-4)20-12-16-10-11-22-23(16)5;/h6-11H,12-13H2,1-5H3,(H2,19,20,21);1H. The van der Waals surface area contributed by atoms with E-state index in [9.17, 15) is 0 Å². The minimum Gasteiger partial charge on any atom is -0.356 e. The van der Waals surface area contributed by atoms with Gasteiger partial charge in [-0.05, 0) is 18.6 Å². The fourth-order valence-electron chi connectivity index (χ4n) is 2.38. The van der Waals surface area contributed by atoms with Crippen molar-refractivity contribution in [1.82, 2.24) is 20.4 Å². The highest BCUT2D eigenvalue weighted by molar-refractivity contribution is 14.0. The zero-order valence-electron chi connectivity index (χ0n) is 15.1. The number of nitrogens with one attached hydrogen (secondary N) is 2. The number of guanidine groups is 1. The fraction of sp³-hybridized carbons (Fsp3) is 0.444. The van der Waals surface area contributed by atoms with Crippen molar-refractivity contribution in [3.63, 3.8) is 0 Å². The molecule has 0 unspecified atom stereocenters. The van der Waals surface area contributed by atoms with Gasteiger partial charge in [-0.25, -0.2) is 0 Å². The van der Waals surface area contributed by atoms with Crippen molar-refractivity contribution >= 4 is 29.9 Å². The van der Waals surface area contributed by atoms with E-state index in [4.69, 9.17) is 0 Å². The van der Waals surface area contributed by atoms with Crippen molar-refractivity contribution in [1.29, 1.82) is 0 Å². The first-order valence-electron chi connectivity index (χ1n) is 7.91. The Bertz CT molecular complexity index is 658. The summed E-state index contributed by atoms with van der Waals surface area (Å²) in [6, 6.07) is 10.7. The maximum absolute atomic E-state index is 4.29. The van der Waals surface area contributed by atoms with Crippen LogP contribution >= 0.6 is 24.0 Å². The maximum Gasteiger partial charge on any atom is 0.191 e. The first-order valence-corrected chi connectivity index (χ1v) is 7.91. The van der Waals surface area contributed by atoms with Crippen LogP contribution < -0.4 is 10.6 Å².